The summed E-state index contributed by atoms with van der Waals surface area (Å²) in [4.78, 5) is 54.7. The van der Waals surface area contributed by atoms with E-state index in [1.165, 1.54) is 23.1 Å². The number of amides is 3. The fraction of sp³-hybridized carbons (Fsp3) is 0.130. The van der Waals surface area contributed by atoms with Crippen LogP contribution in [0, 0.1) is 6.92 Å². The van der Waals surface area contributed by atoms with Gasteiger partial charge in [0.05, 0.1) is 11.9 Å². The third kappa shape index (κ3) is 10.1. The molecule has 56 heavy (non-hydrogen) atoms. The molecular weight excluding hydrogens is 739 g/mol. The number of esters is 1. The zero-order valence-corrected chi connectivity index (χ0v) is 32.8. The summed E-state index contributed by atoms with van der Waals surface area (Å²) in [6.45, 7) is 5.86. The van der Waals surface area contributed by atoms with Crippen LogP contribution < -0.4 is 16.0 Å². The van der Waals surface area contributed by atoms with Crippen molar-refractivity contribution in [2.75, 3.05) is 17.2 Å². The van der Waals surface area contributed by atoms with Gasteiger partial charge in [-0.05, 0) is 78.9 Å². The predicted octanol–water partition coefficient (Wildman–Crippen LogP) is 10.5. The molecule has 0 saturated heterocycles. The summed E-state index contributed by atoms with van der Waals surface area (Å²) in [6, 6.07) is 41.4. The Kier molecular flexibility index (Phi) is 13.3. The van der Waals surface area contributed by atoms with Gasteiger partial charge >= 0.3 is 5.97 Å². The second kappa shape index (κ2) is 18.9. The number of thioether (sulfide) groups is 1. The van der Waals surface area contributed by atoms with Crippen LogP contribution in [0.1, 0.15) is 52.1 Å². The Morgan fingerprint density at radius 1 is 0.750 bits per heavy atom. The van der Waals surface area contributed by atoms with E-state index in [1.54, 1.807) is 55.5 Å². The zero-order valence-electron chi connectivity index (χ0n) is 31.2. The molecule has 10 heteroatoms. The summed E-state index contributed by atoms with van der Waals surface area (Å²) in [7, 11) is 0. The number of carbonyl (C=O) groups excluding carboxylic acids is 4. The lowest BCUT2D eigenvalue weighted by Crippen LogP contribution is -2.30. The number of rotatable bonds is 14. The highest BCUT2D eigenvalue weighted by molar-refractivity contribution is 8.00. The van der Waals surface area contributed by atoms with Crippen molar-refractivity contribution in [3.05, 3.63) is 167 Å². The lowest BCUT2D eigenvalue weighted by atomic mass is 10.0. The van der Waals surface area contributed by atoms with E-state index in [1.807, 2.05) is 110 Å². The van der Waals surface area contributed by atoms with Gasteiger partial charge in [0.2, 0.25) is 5.91 Å². The van der Waals surface area contributed by atoms with Gasteiger partial charge < -0.3 is 20.7 Å². The first-order chi connectivity index (χ1) is 27.2. The van der Waals surface area contributed by atoms with Gasteiger partial charge in [-0.25, -0.2) is 4.79 Å². The van der Waals surface area contributed by atoms with Crippen LogP contribution in [0.25, 0.3) is 28.3 Å². The summed E-state index contributed by atoms with van der Waals surface area (Å²) in [5.41, 5.74) is 6.76. The molecule has 282 valence electrons. The molecule has 0 aliphatic rings. The monoisotopic (exact) mass is 779 g/mol. The van der Waals surface area contributed by atoms with Crippen molar-refractivity contribution in [2.45, 2.75) is 37.3 Å². The fourth-order valence-corrected chi connectivity index (χ4v) is 7.81. The Labute approximate surface area is 335 Å². The molecule has 3 amide bonds. The highest BCUT2D eigenvalue weighted by Crippen LogP contribution is 2.37. The Hall–Kier alpha value is -6.23. The molecule has 1 aromatic heterocycles. The first kappa shape index (κ1) is 39.5. The van der Waals surface area contributed by atoms with Crippen LogP contribution in [0.2, 0.25) is 0 Å². The van der Waals surface area contributed by atoms with Gasteiger partial charge in [-0.1, -0.05) is 116 Å². The first-order valence-electron chi connectivity index (χ1n) is 18.2. The summed E-state index contributed by atoms with van der Waals surface area (Å²) in [5.74, 6) is -1.69. The van der Waals surface area contributed by atoms with Gasteiger partial charge in [-0.3, -0.25) is 14.4 Å². The Morgan fingerprint density at radius 3 is 2.09 bits per heavy atom. The summed E-state index contributed by atoms with van der Waals surface area (Å²) >= 11 is 2.63. The molecule has 5 aromatic carbocycles. The Balaban J connectivity index is 1.19. The Bertz CT molecular complexity index is 2340. The van der Waals surface area contributed by atoms with E-state index in [2.05, 4.69) is 16.0 Å². The SMILES string of the molecule is CCOC(=O)c1c(-c2ccc(C)cc2)csc1NC(=O)C(CC)Sc1cccc(NC(=O)/C(=C\c2ccc(-c3ccccc3)cc2)NC(=O)c2ccccc2)c1. The molecule has 0 spiro atoms. The molecule has 1 unspecified atom stereocenters. The van der Waals surface area contributed by atoms with Crippen molar-refractivity contribution in [3.8, 4) is 22.3 Å². The van der Waals surface area contributed by atoms with Gasteiger partial charge in [0.1, 0.15) is 16.3 Å². The molecule has 3 N–H and O–H groups in total. The number of hydrogen-bond donors (Lipinski definition) is 3. The van der Waals surface area contributed by atoms with E-state index in [4.69, 9.17) is 4.74 Å². The lowest BCUT2D eigenvalue weighted by molar-refractivity contribution is -0.116. The van der Waals surface area contributed by atoms with E-state index >= 15 is 0 Å². The second-order valence-electron chi connectivity index (χ2n) is 12.8. The van der Waals surface area contributed by atoms with Crippen LogP contribution in [-0.4, -0.2) is 35.5 Å². The second-order valence-corrected chi connectivity index (χ2v) is 14.9. The van der Waals surface area contributed by atoms with Crippen LogP contribution in [0.5, 0.6) is 0 Å². The minimum Gasteiger partial charge on any atom is -0.462 e. The van der Waals surface area contributed by atoms with Crippen LogP contribution in [0.4, 0.5) is 10.7 Å². The molecule has 0 aliphatic heterocycles. The topological polar surface area (TPSA) is 114 Å². The van der Waals surface area contributed by atoms with E-state index in [9.17, 15) is 19.2 Å². The maximum Gasteiger partial charge on any atom is 0.341 e. The molecule has 6 aromatic rings. The molecule has 1 atom stereocenters. The molecule has 0 bridgehead atoms. The third-order valence-electron chi connectivity index (χ3n) is 8.76. The van der Waals surface area contributed by atoms with E-state index in [-0.39, 0.29) is 18.2 Å². The molecule has 0 aliphatic carbocycles. The van der Waals surface area contributed by atoms with Crippen molar-refractivity contribution in [2.24, 2.45) is 0 Å². The number of carbonyl (C=O) groups is 4. The summed E-state index contributed by atoms with van der Waals surface area (Å²) < 4.78 is 5.39. The largest absolute Gasteiger partial charge is 0.462 e. The maximum atomic E-state index is 13.8. The third-order valence-corrected chi connectivity index (χ3v) is 11.0. The highest BCUT2D eigenvalue weighted by atomic mass is 32.2. The summed E-state index contributed by atoms with van der Waals surface area (Å²) in [6.07, 6.45) is 2.14. The minimum absolute atomic E-state index is 0.0635. The van der Waals surface area contributed by atoms with Crippen molar-refractivity contribution in [1.29, 1.82) is 0 Å². The van der Waals surface area contributed by atoms with Crippen LogP contribution in [0.15, 0.2) is 149 Å². The molecule has 8 nitrogen and oxygen atoms in total. The predicted molar refractivity (Wildman–Crippen MR) is 228 cm³/mol. The van der Waals surface area contributed by atoms with Crippen molar-refractivity contribution < 1.29 is 23.9 Å². The number of nitrogens with one attached hydrogen (secondary N) is 3. The molecule has 6 rings (SSSR count). The van der Waals surface area contributed by atoms with Crippen molar-refractivity contribution in [3.63, 3.8) is 0 Å². The van der Waals surface area contributed by atoms with Gasteiger partial charge in [0, 0.05) is 27.1 Å². The van der Waals surface area contributed by atoms with Crippen LogP contribution in [0.3, 0.4) is 0 Å². The van der Waals surface area contributed by atoms with E-state index in [0.717, 1.165) is 32.7 Å². The molecule has 0 radical (unpaired) electrons. The first-order valence-corrected chi connectivity index (χ1v) is 20.0. The van der Waals surface area contributed by atoms with Crippen molar-refractivity contribution in [1.82, 2.24) is 5.32 Å². The molecular formula is C46H41N3O5S2. The molecule has 0 saturated carbocycles. The number of ether oxygens (including phenoxy) is 1. The molecule has 0 fully saturated rings. The standard InChI is InChI=1S/C46H41N3O5S2/c1-4-40(44(52)49-45-41(46(53)54-5-2)38(29-55-45)34-23-19-30(3)20-24-34)56-37-18-12-17-36(28-37)47-43(51)39(48-42(50)35-15-10-7-11-16-35)27-31-21-25-33(26-22-31)32-13-8-6-9-14-32/h6-29,40H,4-5H2,1-3H3,(H,47,51)(H,48,50)(H,49,52)/b39-27+. The highest BCUT2D eigenvalue weighted by Gasteiger charge is 2.26. The quantitative estimate of drug-likeness (QED) is 0.0576. The van der Waals surface area contributed by atoms with E-state index < -0.39 is 23.0 Å². The number of thiophene rings is 1. The maximum absolute atomic E-state index is 13.8. The fourth-order valence-electron chi connectivity index (χ4n) is 5.84. The van der Waals surface area contributed by atoms with Gasteiger partial charge in [0.25, 0.3) is 11.8 Å². The van der Waals surface area contributed by atoms with E-state index in [0.29, 0.717) is 33.8 Å². The molecule has 1 heterocycles. The smallest absolute Gasteiger partial charge is 0.341 e. The number of anilines is 2. The van der Waals surface area contributed by atoms with Gasteiger partial charge in [0.15, 0.2) is 0 Å². The average molecular weight is 780 g/mol. The van der Waals surface area contributed by atoms with Crippen LogP contribution in [-0.2, 0) is 14.3 Å². The summed E-state index contributed by atoms with van der Waals surface area (Å²) in [5, 5.41) is 10.5. The van der Waals surface area contributed by atoms with Gasteiger partial charge in [-0.2, -0.15) is 0 Å². The number of aryl methyl sites for hydroxylation is 1. The van der Waals surface area contributed by atoms with Crippen LogP contribution >= 0.6 is 23.1 Å². The minimum atomic E-state index is -0.514. The van der Waals surface area contributed by atoms with Crippen molar-refractivity contribution >= 4 is 63.6 Å². The number of hydrogen-bond acceptors (Lipinski definition) is 7. The normalized spacial score (nSPS) is 11.7. The average Bonchev–Trinajstić information content (AvgIpc) is 3.64. The lowest BCUT2D eigenvalue weighted by Gasteiger charge is -2.16. The Morgan fingerprint density at radius 2 is 1.41 bits per heavy atom. The van der Waals surface area contributed by atoms with Gasteiger partial charge in [-0.15, -0.1) is 23.1 Å². The number of benzene rings is 5. The zero-order chi connectivity index (χ0) is 39.4.